The van der Waals surface area contributed by atoms with Crippen LogP contribution in [0.4, 0.5) is 5.13 Å². The van der Waals surface area contributed by atoms with Crippen LogP contribution >= 0.6 is 23.1 Å². The molecule has 4 rings (SSSR count). The molecule has 0 saturated heterocycles. The lowest BCUT2D eigenvalue weighted by molar-refractivity contribution is -0.122. The van der Waals surface area contributed by atoms with E-state index in [9.17, 15) is 4.79 Å². The molecule has 1 aliphatic carbocycles. The van der Waals surface area contributed by atoms with Crippen molar-refractivity contribution in [3.05, 3.63) is 65.2 Å². The number of aryl methyl sites for hydroxylation is 2. The van der Waals surface area contributed by atoms with Crippen molar-refractivity contribution in [2.24, 2.45) is 0 Å². The molecule has 1 N–H and O–H groups in total. The van der Waals surface area contributed by atoms with Gasteiger partial charge in [-0.05, 0) is 60.9 Å². The number of fused-ring (bicyclic) bond motifs is 1. The van der Waals surface area contributed by atoms with Crippen molar-refractivity contribution in [3.63, 3.8) is 0 Å². The molecule has 1 aromatic heterocycles. The van der Waals surface area contributed by atoms with E-state index < -0.39 is 6.10 Å². The second kappa shape index (κ2) is 10.1. The van der Waals surface area contributed by atoms with Gasteiger partial charge in [-0.25, -0.2) is 0 Å². The van der Waals surface area contributed by atoms with Crippen LogP contribution in [0.1, 0.15) is 42.9 Å². The van der Waals surface area contributed by atoms with Gasteiger partial charge in [0.15, 0.2) is 10.4 Å². The third-order valence-corrected chi connectivity index (χ3v) is 7.15. The molecule has 3 aromatic rings. The monoisotopic (exact) mass is 439 g/mol. The van der Waals surface area contributed by atoms with E-state index >= 15 is 0 Å². The van der Waals surface area contributed by atoms with Crippen molar-refractivity contribution in [2.75, 3.05) is 5.32 Å². The van der Waals surface area contributed by atoms with E-state index in [0.717, 1.165) is 28.7 Å². The molecular formula is C23H25N3O2S2. The summed E-state index contributed by atoms with van der Waals surface area (Å²) in [7, 11) is 0. The zero-order valence-electron chi connectivity index (χ0n) is 17.0. The summed E-state index contributed by atoms with van der Waals surface area (Å²) in [6, 6.07) is 16.4. The Bertz CT molecular complexity index is 991. The van der Waals surface area contributed by atoms with Gasteiger partial charge in [0.25, 0.3) is 5.91 Å². The summed E-state index contributed by atoms with van der Waals surface area (Å²) in [4.78, 5) is 12.7. The minimum atomic E-state index is -0.559. The second-order valence-corrected chi connectivity index (χ2v) is 9.49. The van der Waals surface area contributed by atoms with Crippen LogP contribution in [0.3, 0.4) is 0 Å². The molecule has 0 saturated carbocycles. The number of carbonyl (C=O) groups excluding carboxylic acids is 1. The summed E-state index contributed by atoms with van der Waals surface area (Å²) < 4.78 is 6.85. The number of benzene rings is 2. The summed E-state index contributed by atoms with van der Waals surface area (Å²) in [6.07, 6.45) is 4.71. The Hall–Kier alpha value is -2.38. The maximum atomic E-state index is 12.7. The van der Waals surface area contributed by atoms with Crippen LogP contribution < -0.4 is 10.1 Å². The number of hydrogen-bond acceptors (Lipinski definition) is 6. The first kappa shape index (κ1) is 20.9. The van der Waals surface area contributed by atoms with Crippen molar-refractivity contribution >= 4 is 34.1 Å². The SMILES string of the molecule is CC[C@@H](Oc1ccc2c(c1)CCCC2)C(=O)Nc1nnc(SCc2ccccc2)s1. The molecule has 2 aromatic carbocycles. The Morgan fingerprint density at radius 1 is 1.13 bits per heavy atom. The van der Waals surface area contributed by atoms with Crippen LogP contribution in [0.25, 0.3) is 0 Å². The van der Waals surface area contributed by atoms with Gasteiger partial charge in [-0.1, -0.05) is 66.4 Å². The molecule has 156 valence electrons. The molecule has 0 unspecified atom stereocenters. The normalized spacial score (nSPS) is 14.0. The van der Waals surface area contributed by atoms with Crippen molar-refractivity contribution in [2.45, 2.75) is 55.2 Å². The third kappa shape index (κ3) is 5.40. The Balaban J connectivity index is 1.33. The van der Waals surface area contributed by atoms with E-state index in [1.165, 1.54) is 40.9 Å². The molecule has 1 amide bonds. The number of thioether (sulfide) groups is 1. The van der Waals surface area contributed by atoms with Crippen molar-refractivity contribution in [1.29, 1.82) is 0 Å². The predicted octanol–water partition coefficient (Wildman–Crippen LogP) is 5.51. The Morgan fingerprint density at radius 3 is 2.73 bits per heavy atom. The fraction of sp³-hybridized carbons (Fsp3) is 0.348. The van der Waals surface area contributed by atoms with Crippen molar-refractivity contribution < 1.29 is 9.53 Å². The molecule has 1 aliphatic rings. The summed E-state index contributed by atoms with van der Waals surface area (Å²) in [5.41, 5.74) is 3.98. The highest BCUT2D eigenvalue weighted by Crippen LogP contribution is 2.29. The average molecular weight is 440 g/mol. The molecule has 1 atom stereocenters. The van der Waals surface area contributed by atoms with Gasteiger partial charge in [-0.2, -0.15) is 0 Å². The zero-order chi connectivity index (χ0) is 20.8. The Morgan fingerprint density at radius 2 is 1.93 bits per heavy atom. The minimum absolute atomic E-state index is 0.189. The average Bonchev–Trinajstić information content (AvgIpc) is 3.23. The van der Waals surface area contributed by atoms with E-state index in [0.29, 0.717) is 11.6 Å². The molecular weight excluding hydrogens is 414 g/mol. The first-order valence-corrected chi connectivity index (χ1v) is 12.1. The van der Waals surface area contributed by atoms with E-state index in [2.05, 4.69) is 39.8 Å². The summed E-state index contributed by atoms with van der Waals surface area (Å²) in [5.74, 6) is 1.39. The zero-order valence-corrected chi connectivity index (χ0v) is 18.6. The molecule has 0 spiro atoms. The highest BCUT2D eigenvalue weighted by molar-refractivity contribution is 8.00. The van der Waals surface area contributed by atoms with Crippen molar-refractivity contribution in [1.82, 2.24) is 10.2 Å². The van der Waals surface area contributed by atoms with Gasteiger partial charge in [0.2, 0.25) is 5.13 Å². The molecule has 0 bridgehead atoms. The molecule has 5 nitrogen and oxygen atoms in total. The number of anilines is 1. The number of rotatable bonds is 8. The van der Waals surface area contributed by atoms with Gasteiger partial charge < -0.3 is 4.74 Å². The molecule has 1 heterocycles. The van der Waals surface area contributed by atoms with Gasteiger partial charge in [-0.15, -0.1) is 10.2 Å². The Kier molecular flexibility index (Phi) is 7.02. The van der Waals surface area contributed by atoms with E-state index in [1.807, 2.05) is 31.2 Å². The van der Waals surface area contributed by atoms with Crippen molar-refractivity contribution in [3.8, 4) is 5.75 Å². The first-order valence-electron chi connectivity index (χ1n) is 10.3. The lowest BCUT2D eigenvalue weighted by Gasteiger charge is -2.20. The number of aromatic nitrogens is 2. The summed E-state index contributed by atoms with van der Waals surface area (Å²) in [5, 5.41) is 11.7. The smallest absolute Gasteiger partial charge is 0.267 e. The maximum absolute atomic E-state index is 12.7. The highest BCUT2D eigenvalue weighted by atomic mass is 32.2. The standard InChI is InChI=1S/C23H25N3O2S2/c1-2-20(28-19-13-12-17-10-6-7-11-18(17)14-19)21(27)24-22-25-26-23(30-22)29-15-16-8-4-3-5-9-16/h3-5,8-9,12-14,20H,2,6-7,10-11,15H2,1H3,(H,24,25,27)/t20-/m1/s1. The minimum Gasteiger partial charge on any atom is -0.481 e. The van der Waals surface area contributed by atoms with Gasteiger partial charge in [0.05, 0.1) is 0 Å². The molecule has 0 radical (unpaired) electrons. The lowest BCUT2D eigenvalue weighted by Crippen LogP contribution is -2.32. The van der Waals surface area contributed by atoms with Crippen LogP contribution in [0.5, 0.6) is 5.75 Å². The largest absolute Gasteiger partial charge is 0.481 e. The molecule has 0 aliphatic heterocycles. The number of nitrogens with zero attached hydrogens (tertiary/aromatic N) is 2. The van der Waals surface area contributed by atoms with Crippen LogP contribution in [-0.4, -0.2) is 22.2 Å². The van der Waals surface area contributed by atoms with Crippen LogP contribution in [0.15, 0.2) is 52.9 Å². The first-order chi connectivity index (χ1) is 14.7. The van der Waals surface area contributed by atoms with Crippen LogP contribution in [0, 0.1) is 0 Å². The van der Waals surface area contributed by atoms with Gasteiger partial charge in [-0.3, -0.25) is 10.1 Å². The van der Waals surface area contributed by atoms with E-state index in [1.54, 1.807) is 11.8 Å². The van der Waals surface area contributed by atoms with Crippen LogP contribution in [-0.2, 0) is 23.4 Å². The fourth-order valence-electron chi connectivity index (χ4n) is 3.49. The molecule has 0 fully saturated rings. The second-order valence-electron chi connectivity index (χ2n) is 7.29. The topological polar surface area (TPSA) is 64.1 Å². The third-order valence-electron chi connectivity index (χ3n) is 5.10. The predicted molar refractivity (Wildman–Crippen MR) is 122 cm³/mol. The number of carbonyl (C=O) groups is 1. The summed E-state index contributed by atoms with van der Waals surface area (Å²) in [6.45, 7) is 1.95. The number of amides is 1. The van der Waals surface area contributed by atoms with Gasteiger partial charge in [0.1, 0.15) is 5.75 Å². The molecule has 7 heteroatoms. The number of nitrogens with one attached hydrogen (secondary N) is 1. The van der Waals surface area contributed by atoms with Gasteiger partial charge in [0, 0.05) is 5.75 Å². The number of hydrogen-bond donors (Lipinski definition) is 1. The van der Waals surface area contributed by atoms with E-state index in [-0.39, 0.29) is 5.91 Å². The fourth-order valence-corrected chi connectivity index (χ4v) is 5.20. The summed E-state index contributed by atoms with van der Waals surface area (Å²) >= 11 is 3.00. The number of ether oxygens (including phenoxy) is 1. The quantitative estimate of drug-likeness (QED) is 0.371. The lowest BCUT2D eigenvalue weighted by atomic mass is 9.92. The highest BCUT2D eigenvalue weighted by Gasteiger charge is 2.21. The Labute approximate surface area is 185 Å². The van der Waals surface area contributed by atoms with E-state index in [4.69, 9.17) is 4.74 Å². The van der Waals surface area contributed by atoms with Gasteiger partial charge >= 0.3 is 0 Å². The van der Waals surface area contributed by atoms with Crippen LogP contribution in [0.2, 0.25) is 0 Å². The molecule has 30 heavy (non-hydrogen) atoms. The maximum Gasteiger partial charge on any atom is 0.267 e.